The minimum atomic E-state index is -0.550. The van der Waals surface area contributed by atoms with Gasteiger partial charge in [-0.1, -0.05) is 38.8 Å². The molecule has 78 valence electrons. The molecule has 0 aliphatic heterocycles. The lowest BCUT2D eigenvalue weighted by Crippen LogP contribution is -2.11. The smallest absolute Gasteiger partial charge is 0.180 e. The average molecular weight is 331 g/mol. The van der Waals surface area contributed by atoms with Crippen LogP contribution in [0.2, 0.25) is 0 Å². The molecule has 0 fully saturated rings. The minimum Gasteiger partial charge on any atom is -0.293 e. The molecule has 2 nitrogen and oxygen atoms in total. The lowest BCUT2D eigenvalue weighted by atomic mass is 9.97. The van der Waals surface area contributed by atoms with E-state index >= 15 is 0 Å². The van der Waals surface area contributed by atoms with Gasteiger partial charge in [0.1, 0.15) is 5.92 Å². The number of hydrogen-bond acceptors (Lipinski definition) is 2. The fourth-order valence-corrected chi connectivity index (χ4v) is 2.53. The quantitative estimate of drug-likeness (QED) is 0.787. The van der Waals surface area contributed by atoms with Crippen LogP contribution in [0.5, 0.6) is 0 Å². The van der Waals surface area contributed by atoms with Crippen molar-refractivity contribution in [3.05, 3.63) is 32.7 Å². The van der Waals surface area contributed by atoms with Crippen molar-refractivity contribution in [1.82, 2.24) is 0 Å². The number of halogens is 2. The largest absolute Gasteiger partial charge is 0.293 e. The molecule has 0 aliphatic rings. The van der Waals surface area contributed by atoms with E-state index in [-0.39, 0.29) is 5.78 Å². The highest BCUT2D eigenvalue weighted by Gasteiger charge is 2.18. The normalized spacial score (nSPS) is 11.9. The summed E-state index contributed by atoms with van der Waals surface area (Å²) in [6, 6.07) is 7.32. The first kappa shape index (κ1) is 12.4. The molecule has 1 unspecified atom stereocenters. The number of ketones is 1. The molecule has 1 rings (SSSR count). The summed E-state index contributed by atoms with van der Waals surface area (Å²) in [5.41, 5.74) is 0.560. The van der Waals surface area contributed by atoms with E-state index in [4.69, 9.17) is 5.26 Å². The fraction of sp³-hybridized carbons (Fsp3) is 0.273. The van der Waals surface area contributed by atoms with E-state index in [1.165, 1.54) is 0 Å². The van der Waals surface area contributed by atoms with Crippen LogP contribution in [0.3, 0.4) is 0 Å². The number of Topliss-reactive ketones (excluding diaryl/α,β-unsaturated/α-hetero) is 1. The number of hydrogen-bond donors (Lipinski definition) is 0. The summed E-state index contributed by atoms with van der Waals surface area (Å²) in [5, 5.41) is 8.80. The number of carbonyl (C=O) groups is 1. The third-order valence-electron chi connectivity index (χ3n) is 2.03. The van der Waals surface area contributed by atoms with Crippen LogP contribution in [0, 0.1) is 17.2 Å². The molecule has 0 saturated carbocycles. The maximum absolute atomic E-state index is 11.8. The Morgan fingerprint density at radius 2 is 1.93 bits per heavy atom. The molecule has 0 radical (unpaired) electrons. The van der Waals surface area contributed by atoms with E-state index < -0.39 is 5.92 Å². The average Bonchev–Trinajstić information content (AvgIpc) is 2.18. The van der Waals surface area contributed by atoms with E-state index in [0.29, 0.717) is 12.0 Å². The fourth-order valence-electron chi connectivity index (χ4n) is 1.23. The van der Waals surface area contributed by atoms with E-state index in [9.17, 15) is 4.79 Å². The first-order chi connectivity index (χ1) is 7.08. The van der Waals surface area contributed by atoms with Crippen molar-refractivity contribution in [2.24, 2.45) is 5.92 Å². The van der Waals surface area contributed by atoms with Gasteiger partial charge in [-0.25, -0.2) is 0 Å². The van der Waals surface area contributed by atoms with Crippen LogP contribution < -0.4 is 0 Å². The number of nitriles is 1. The van der Waals surface area contributed by atoms with Crippen molar-refractivity contribution in [2.45, 2.75) is 13.3 Å². The van der Waals surface area contributed by atoms with Crippen LogP contribution in [-0.2, 0) is 0 Å². The summed E-state index contributed by atoms with van der Waals surface area (Å²) in [7, 11) is 0. The maximum Gasteiger partial charge on any atom is 0.180 e. The molecule has 1 atom stereocenters. The molecule has 1 aromatic carbocycles. The monoisotopic (exact) mass is 329 g/mol. The Hall–Kier alpha value is -0.660. The Labute approximate surface area is 106 Å². The zero-order valence-corrected chi connectivity index (χ0v) is 11.3. The van der Waals surface area contributed by atoms with Gasteiger partial charge < -0.3 is 0 Å². The van der Waals surface area contributed by atoms with Gasteiger partial charge in [-0.2, -0.15) is 5.26 Å². The molecule has 0 spiro atoms. The molecule has 0 heterocycles. The first-order valence-corrected chi connectivity index (χ1v) is 6.07. The van der Waals surface area contributed by atoms with Crippen molar-refractivity contribution in [3.8, 4) is 6.07 Å². The Balaban J connectivity index is 3.06. The van der Waals surface area contributed by atoms with Crippen molar-refractivity contribution in [1.29, 1.82) is 5.26 Å². The summed E-state index contributed by atoms with van der Waals surface area (Å²) in [4.78, 5) is 11.8. The maximum atomic E-state index is 11.8. The van der Waals surface area contributed by atoms with E-state index in [2.05, 4.69) is 31.9 Å². The van der Waals surface area contributed by atoms with E-state index in [0.717, 1.165) is 8.95 Å². The van der Waals surface area contributed by atoms with Gasteiger partial charge in [-0.3, -0.25) is 4.79 Å². The van der Waals surface area contributed by atoms with Gasteiger partial charge in [0, 0.05) is 14.5 Å². The highest BCUT2D eigenvalue weighted by molar-refractivity contribution is 9.11. The topological polar surface area (TPSA) is 40.9 Å². The predicted molar refractivity (Wildman–Crippen MR) is 65.6 cm³/mol. The van der Waals surface area contributed by atoms with E-state index in [1.54, 1.807) is 12.1 Å². The molecule has 15 heavy (non-hydrogen) atoms. The van der Waals surface area contributed by atoms with Gasteiger partial charge in [0.15, 0.2) is 5.78 Å². The van der Waals surface area contributed by atoms with Crippen LogP contribution in [0.4, 0.5) is 0 Å². The molecule has 0 saturated heterocycles. The van der Waals surface area contributed by atoms with Gasteiger partial charge in [-0.15, -0.1) is 0 Å². The Kier molecular flexibility index (Phi) is 4.49. The zero-order chi connectivity index (χ0) is 11.4. The van der Waals surface area contributed by atoms with Crippen molar-refractivity contribution < 1.29 is 4.79 Å². The van der Waals surface area contributed by atoms with Crippen molar-refractivity contribution in [2.75, 3.05) is 0 Å². The summed E-state index contributed by atoms with van der Waals surface area (Å²) in [5.74, 6) is -0.673. The zero-order valence-electron chi connectivity index (χ0n) is 8.13. The highest BCUT2D eigenvalue weighted by Crippen LogP contribution is 2.22. The second kappa shape index (κ2) is 5.43. The van der Waals surface area contributed by atoms with Gasteiger partial charge >= 0.3 is 0 Å². The second-order valence-electron chi connectivity index (χ2n) is 3.11. The molecule has 1 aromatic rings. The lowest BCUT2D eigenvalue weighted by Gasteiger charge is -2.06. The minimum absolute atomic E-state index is 0.123. The number of carbonyl (C=O) groups excluding carboxylic acids is 1. The SMILES string of the molecule is CCC(C#N)C(=O)c1cc(Br)cc(Br)c1. The summed E-state index contributed by atoms with van der Waals surface area (Å²) < 4.78 is 1.65. The molecular weight excluding hydrogens is 322 g/mol. The Morgan fingerprint density at radius 3 is 2.33 bits per heavy atom. The number of rotatable bonds is 3. The molecule has 0 bridgehead atoms. The van der Waals surface area contributed by atoms with Crippen LogP contribution in [-0.4, -0.2) is 5.78 Å². The van der Waals surface area contributed by atoms with Gasteiger partial charge in [0.25, 0.3) is 0 Å². The summed E-state index contributed by atoms with van der Waals surface area (Å²) in [6.07, 6.45) is 0.541. The standard InChI is InChI=1S/C11H9Br2NO/c1-2-7(6-14)11(15)8-3-9(12)5-10(13)4-8/h3-5,7H,2H2,1H3. The van der Waals surface area contributed by atoms with Gasteiger partial charge in [-0.05, 0) is 24.6 Å². The molecular formula is C11H9Br2NO. The second-order valence-corrected chi connectivity index (χ2v) is 4.94. The molecule has 4 heteroatoms. The molecule has 0 aromatic heterocycles. The Morgan fingerprint density at radius 1 is 1.40 bits per heavy atom. The van der Waals surface area contributed by atoms with Crippen LogP contribution in [0.25, 0.3) is 0 Å². The summed E-state index contributed by atoms with van der Waals surface area (Å²) >= 11 is 6.62. The van der Waals surface area contributed by atoms with Crippen LogP contribution in [0.1, 0.15) is 23.7 Å². The third-order valence-corrected chi connectivity index (χ3v) is 2.94. The van der Waals surface area contributed by atoms with Crippen molar-refractivity contribution in [3.63, 3.8) is 0 Å². The third kappa shape index (κ3) is 3.15. The van der Waals surface area contributed by atoms with E-state index in [1.807, 2.05) is 19.1 Å². The van der Waals surface area contributed by atoms with Crippen LogP contribution >= 0.6 is 31.9 Å². The van der Waals surface area contributed by atoms with Crippen LogP contribution in [0.15, 0.2) is 27.1 Å². The lowest BCUT2D eigenvalue weighted by molar-refractivity contribution is 0.0946. The number of benzene rings is 1. The molecule has 0 aliphatic carbocycles. The predicted octanol–water partition coefficient (Wildman–Crippen LogP) is 3.94. The Bertz CT molecular complexity index is 403. The van der Waals surface area contributed by atoms with Gasteiger partial charge in [0.2, 0.25) is 0 Å². The first-order valence-electron chi connectivity index (χ1n) is 4.48. The van der Waals surface area contributed by atoms with Crippen molar-refractivity contribution >= 4 is 37.6 Å². The number of nitrogens with zero attached hydrogens (tertiary/aromatic N) is 1. The summed E-state index contributed by atoms with van der Waals surface area (Å²) in [6.45, 7) is 1.83. The molecule has 0 N–H and O–H groups in total. The van der Waals surface area contributed by atoms with Gasteiger partial charge in [0.05, 0.1) is 6.07 Å². The highest BCUT2D eigenvalue weighted by atomic mass is 79.9. The molecule has 0 amide bonds.